The summed E-state index contributed by atoms with van der Waals surface area (Å²) in [7, 11) is -1.98. The smallest absolute Gasteiger partial charge is 0.296 e. The maximum Gasteiger partial charge on any atom is 0.296 e. The van der Waals surface area contributed by atoms with Gasteiger partial charge in [0.1, 0.15) is 0 Å². The molecule has 0 unspecified atom stereocenters. The lowest BCUT2D eigenvalue weighted by Gasteiger charge is -2.35. The molecule has 0 aliphatic carbocycles. The van der Waals surface area contributed by atoms with Crippen LogP contribution in [0.2, 0.25) is 18.1 Å². The van der Waals surface area contributed by atoms with E-state index in [-0.39, 0.29) is 11.0 Å². The molecular formula is C15H24O2Si. The first-order valence-corrected chi connectivity index (χ1v) is 9.30. The average molecular weight is 264 g/mol. The second kappa shape index (κ2) is 5.27. The van der Waals surface area contributed by atoms with Gasteiger partial charge in [-0.25, -0.2) is 0 Å². The van der Waals surface area contributed by atoms with Crippen LogP contribution in [0.1, 0.15) is 31.9 Å². The molecule has 0 aromatic heterocycles. The second-order valence-electron chi connectivity index (χ2n) is 6.40. The number of rotatable bonds is 3. The molecule has 0 N–H and O–H groups in total. The van der Waals surface area contributed by atoms with Crippen molar-refractivity contribution >= 4 is 14.3 Å². The fourth-order valence-electron chi connectivity index (χ4n) is 1.35. The number of aryl methyl sites for hydroxylation is 1. The molecule has 0 amide bonds. The van der Waals surface area contributed by atoms with Crippen molar-refractivity contribution in [3.05, 3.63) is 35.4 Å². The van der Waals surface area contributed by atoms with Crippen LogP contribution in [0.3, 0.4) is 0 Å². The molecule has 0 spiro atoms. The second-order valence-corrected chi connectivity index (χ2v) is 11.1. The number of carbonyl (C=O) groups is 1. The minimum atomic E-state index is -1.98. The number of carbonyl (C=O) groups excluding carboxylic acids is 1. The van der Waals surface area contributed by atoms with Gasteiger partial charge in [-0.1, -0.05) is 50.6 Å². The van der Waals surface area contributed by atoms with Gasteiger partial charge in [0, 0.05) is 0 Å². The molecule has 18 heavy (non-hydrogen) atoms. The van der Waals surface area contributed by atoms with Crippen molar-refractivity contribution in [1.29, 1.82) is 0 Å². The lowest BCUT2D eigenvalue weighted by molar-refractivity contribution is -0.134. The molecule has 1 aromatic rings. The van der Waals surface area contributed by atoms with E-state index in [4.69, 9.17) is 4.43 Å². The summed E-state index contributed by atoms with van der Waals surface area (Å²) in [5.74, 6) is -0.106. The zero-order chi connectivity index (χ0) is 14.0. The summed E-state index contributed by atoms with van der Waals surface area (Å²) in [6, 6.07) is 8.02. The van der Waals surface area contributed by atoms with Crippen LogP contribution in [0.5, 0.6) is 0 Å². The molecule has 0 atom stereocenters. The van der Waals surface area contributed by atoms with Crippen LogP contribution in [-0.4, -0.2) is 14.3 Å². The average Bonchev–Trinajstić information content (AvgIpc) is 2.19. The van der Waals surface area contributed by atoms with Crippen LogP contribution in [0, 0.1) is 6.92 Å². The summed E-state index contributed by atoms with van der Waals surface area (Å²) < 4.78 is 5.74. The molecule has 0 aliphatic rings. The minimum absolute atomic E-state index is 0.0654. The predicted molar refractivity (Wildman–Crippen MR) is 78.2 cm³/mol. The molecule has 3 heteroatoms. The van der Waals surface area contributed by atoms with E-state index in [1.54, 1.807) is 0 Å². The number of hydrogen-bond donors (Lipinski definition) is 0. The Morgan fingerprint density at radius 1 is 1.17 bits per heavy atom. The molecule has 0 radical (unpaired) electrons. The van der Waals surface area contributed by atoms with Crippen molar-refractivity contribution in [1.82, 2.24) is 0 Å². The van der Waals surface area contributed by atoms with Gasteiger partial charge in [0.2, 0.25) is 0 Å². The van der Waals surface area contributed by atoms with Crippen LogP contribution in [0.15, 0.2) is 24.3 Å². The zero-order valence-electron chi connectivity index (χ0n) is 12.3. The topological polar surface area (TPSA) is 26.3 Å². The van der Waals surface area contributed by atoms with Gasteiger partial charge in [-0.15, -0.1) is 0 Å². The first kappa shape index (κ1) is 15.0. The Balaban J connectivity index is 2.65. The standard InChI is InChI=1S/C15H24O2Si/c1-12-7-9-13(10-8-12)11-14(16)17-18(5,6)15(2,3)4/h7-10H,11H2,1-6H3. The summed E-state index contributed by atoms with van der Waals surface area (Å²) in [4.78, 5) is 12.0. The molecule has 1 aromatic carbocycles. The Bertz CT molecular complexity index is 413. The Hall–Kier alpha value is -1.09. The van der Waals surface area contributed by atoms with Gasteiger partial charge in [-0.2, -0.15) is 0 Å². The van der Waals surface area contributed by atoms with E-state index in [1.165, 1.54) is 5.56 Å². The predicted octanol–water partition coefficient (Wildman–Crippen LogP) is 4.09. The highest BCUT2D eigenvalue weighted by Crippen LogP contribution is 2.36. The first-order valence-electron chi connectivity index (χ1n) is 6.39. The van der Waals surface area contributed by atoms with Crippen molar-refractivity contribution in [2.24, 2.45) is 0 Å². The Kier molecular flexibility index (Phi) is 4.38. The monoisotopic (exact) mass is 264 g/mol. The molecule has 0 heterocycles. The molecule has 100 valence electrons. The van der Waals surface area contributed by atoms with Gasteiger partial charge in [0.25, 0.3) is 14.3 Å². The molecule has 0 aliphatic heterocycles. The van der Waals surface area contributed by atoms with E-state index in [1.807, 2.05) is 31.2 Å². The summed E-state index contributed by atoms with van der Waals surface area (Å²) in [6.45, 7) is 12.6. The Morgan fingerprint density at radius 3 is 2.11 bits per heavy atom. The molecule has 0 saturated heterocycles. The maximum absolute atomic E-state index is 12.0. The van der Waals surface area contributed by atoms with Crippen LogP contribution in [-0.2, 0) is 15.6 Å². The molecule has 2 nitrogen and oxygen atoms in total. The molecule has 0 bridgehead atoms. The lowest BCUT2D eigenvalue weighted by Crippen LogP contribution is -2.42. The van der Waals surface area contributed by atoms with Crippen LogP contribution in [0.25, 0.3) is 0 Å². The van der Waals surface area contributed by atoms with Crippen molar-refractivity contribution in [3.8, 4) is 0 Å². The van der Waals surface area contributed by atoms with Crippen molar-refractivity contribution in [2.45, 2.75) is 52.2 Å². The van der Waals surface area contributed by atoms with E-state index in [0.717, 1.165) is 5.56 Å². The maximum atomic E-state index is 12.0. The third-order valence-corrected chi connectivity index (χ3v) is 7.99. The highest BCUT2D eigenvalue weighted by Gasteiger charge is 2.40. The molecule has 0 saturated carbocycles. The van der Waals surface area contributed by atoms with Crippen molar-refractivity contribution < 1.29 is 9.22 Å². The largest absolute Gasteiger partial charge is 0.519 e. The quantitative estimate of drug-likeness (QED) is 0.769. The van der Waals surface area contributed by atoms with E-state index in [9.17, 15) is 4.79 Å². The van der Waals surface area contributed by atoms with E-state index < -0.39 is 8.32 Å². The number of benzene rings is 1. The molecule has 0 fully saturated rings. The van der Waals surface area contributed by atoms with E-state index in [2.05, 4.69) is 33.9 Å². The summed E-state index contributed by atoms with van der Waals surface area (Å²) in [5, 5.41) is 0.0654. The Labute approximate surface area is 111 Å². The van der Waals surface area contributed by atoms with Crippen LogP contribution < -0.4 is 0 Å². The highest BCUT2D eigenvalue weighted by molar-refractivity contribution is 6.75. The third-order valence-electron chi connectivity index (χ3n) is 3.64. The van der Waals surface area contributed by atoms with E-state index in [0.29, 0.717) is 6.42 Å². The van der Waals surface area contributed by atoms with Gasteiger partial charge in [0.05, 0.1) is 6.42 Å². The third kappa shape index (κ3) is 3.98. The molecular weight excluding hydrogens is 240 g/mol. The van der Waals surface area contributed by atoms with E-state index >= 15 is 0 Å². The van der Waals surface area contributed by atoms with Gasteiger partial charge >= 0.3 is 0 Å². The normalized spacial score (nSPS) is 12.3. The summed E-state index contributed by atoms with van der Waals surface area (Å²) in [6.07, 6.45) is 0.368. The van der Waals surface area contributed by atoms with Crippen molar-refractivity contribution in [2.75, 3.05) is 0 Å². The fourth-order valence-corrected chi connectivity index (χ4v) is 2.29. The fraction of sp³-hybridized carbons (Fsp3) is 0.533. The zero-order valence-corrected chi connectivity index (χ0v) is 13.3. The summed E-state index contributed by atoms with van der Waals surface area (Å²) in [5.41, 5.74) is 2.22. The first-order chi connectivity index (χ1) is 8.12. The molecule has 1 rings (SSSR count). The minimum Gasteiger partial charge on any atom is -0.519 e. The Morgan fingerprint density at radius 2 is 1.67 bits per heavy atom. The van der Waals surface area contributed by atoms with Gasteiger partial charge < -0.3 is 4.43 Å². The van der Waals surface area contributed by atoms with Crippen molar-refractivity contribution in [3.63, 3.8) is 0 Å². The van der Waals surface area contributed by atoms with Crippen LogP contribution in [0.4, 0.5) is 0 Å². The van der Waals surface area contributed by atoms with Gasteiger partial charge in [-0.05, 0) is 30.6 Å². The SMILES string of the molecule is Cc1ccc(CC(=O)O[Si](C)(C)C(C)(C)C)cc1. The lowest BCUT2D eigenvalue weighted by atomic mass is 10.1. The van der Waals surface area contributed by atoms with Gasteiger partial charge in [-0.3, -0.25) is 4.79 Å². The van der Waals surface area contributed by atoms with Gasteiger partial charge in [0.15, 0.2) is 0 Å². The summed E-state index contributed by atoms with van der Waals surface area (Å²) >= 11 is 0. The highest BCUT2D eigenvalue weighted by atomic mass is 28.4. The number of hydrogen-bond acceptors (Lipinski definition) is 2. The van der Waals surface area contributed by atoms with Crippen LogP contribution >= 0.6 is 0 Å².